The van der Waals surface area contributed by atoms with E-state index in [4.69, 9.17) is 4.74 Å². The second kappa shape index (κ2) is 8.41. The summed E-state index contributed by atoms with van der Waals surface area (Å²) in [7, 11) is 0. The second-order valence-electron chi connectivity index (χ2n) is 7.51. The van der Waals surface area contributed by atoms with Crippen LogP contribution in [0.25, 0.3) is 21.5 Å². The zero-order valence-corrected chi connectivity index (χ0v) is 19.4. The lowest BCUT2D eigenvalue weighted by Crippen LogP contribution is -2.34. The van der Waals surface area contributed by atoms with Crippen LogP contribution in [0, 0.1) is 0 Å². The number of aryl methyl sites for hydroxylation is 1. The summed E-state index contributed by atoms with van der Waals surface area (Å²) >= 11 is 2.76. The summed E-state index contributed by atoms with van der Waals surface area (Å²) in [5, 5.41) is 8.30. The van der Waals surface area contributed by atoms with Crippen LogP contribution in [-0.4, -0.2) is 32.5 Å². The van der Waals surface area contributed by atoms with Crippen molar-refractivity contribution in [2.24, 2.45) is 0 Å². The summed E-state index contributed by atoms with van der Waals surface area (Å²) in [6.45, 7) is 3.55. The number of fused-ring (bicyclic) bond motifs is 2. The van der Waals surface area contributed by atoms with Crippen LogP contribution in [0.1, 0.15) is 18.7 Å². The minimum absolute atomic E-state index is 0.158. The van der Waals surface area contributed by atoms with E-state index < -0.39 is 6.10 Å². The van der Waals surface area contributed by atoms with Crippen LogP contribution in [0.2, 0.25) is 0 Å². The quantitative estimate of drug-likeness (QED) is 0.451. The first-order chi connectivity index (χ1) is 15.9. The van der Waals surface area contributed by atoms with Crippen LogP contribution < -0.4 is 20.9 Å². The summed E-state index contributed by atoms with van der Waals surface area (Å²) in [5.74, 6) is 0.0228. The van der Waals surface area contributed by atoms with Crippen LogP contribution >= 0.6 is 22.7 Å². The molecular formula is C22H19N5O4S2. The molecule has 4 heterocycles. The summed E-state index contributed by atoms with van der Waals surface area (Å²) in [6, 6.07) is 7.24. The van der Waals surface area contributed by atoms with E-state index in [2.05, 4.69) is 20.6 Å². The average Bonchev–Trinajstić information content (AvgIpc) is 3.43. The number of rotatable bonds is 5. The van der Waals surface area contributed by atoms with E-state index in [1.165, 1.54) is 33.6 Å². The lowest BCUT2D eigenvalue weighted by Gasteiger charge is -2.23. The Balaban J connectivity index is 1.30. The van der Waals surface area contributed by atoms with Gasteiger partial charge in [0.25, 0.3) is 11.5 Å². The minimum Gasteiger partial charge on any atom is -0.479 e. The van der Waals surface area contributed by atoms with E-state index in [-0.39, 0.29) is 23.9 Å². The van der Waals surface area contributed by atoms with E-state index in [9.17, 15) is 14.4 Å². The molecule has 0 saturated carbocycles. The highest BCUT2D eigenvalue weighted by atomic mass is 32.1. The van der Waals surface area contributed by atoms with Crippen LogP contribution in [0.4, 0.5) is 10.8 Å². The highest BCUT2D eigenvalue weighted by molar-refractivity contribution is 7.18. The SMILES string of the molecule is CCc1cc2c(=O)n(CC(=O)Nc3nc(-c4ccc5c(c4)NC(=O)C(C)O5)cs3)cnc2s1. The number of anilines is 2. The number of ether oxygens (including phenoxy) is 1. The Morgan fingerprint density at radius 3 is 2.97 bits per heavy atom. The van der Waals surface area contributed by atoms with Gasteiger partial charge in [-0.1, -0.05) is 6.92 Å². The largest absolute Gasteiger partial charge is 0.479 e. The molecule has 0 spiro atoms. The lowest BCUT2D eigenvalue weighted by atomic mass is 10.1. The van der Waals surface area contributed by atoms with Gasteiger partial charge in [0.2, 0.25) is 5.91 Å². The van der Waals surface area contributed by atoms with Gasteiger partial charge in [0.1, 0.15) is 17.1 Å². The number of nitrogens with one attached hydrogen (secondary N) is 2. The summed E-state index contributed by atoms with van der Waals surface area (Å²) < 4.78 is 6.87. The third-order valence-electron chi connectivity index (χ3n) is 5.19. The lowest BCUT2D eigenvalue weighted by molar-refractivity contribution is -0.122. The normalized spacial score (nSPS) is 15.1. The Morgan fingerprint density at radius 2 is 2.15 bits per heavy atom. The number of aromatic nitrogens is 3. The molecule has 0 aliphatic carbocycles. The first-order valence-corrected chi connectivity index (χ1v) is 12.0. The van der Waals surface area contributed by atoms with Crippen LogP contribution in [-0.2, 0) is 22.6 Å². The Labute approximate surface area is 196 Å². The predicted octanol–water partition coefficient (Wildman–Crippen LogP) is 3.50. The summed E-state index contributed by atoms with van der Waals surface area (Å²) in [4.78, 5) is 47.6. The Hall–Kier alpha value is -3.57. The zero-order chi connectivity index (χ0) is 23.1. The number of carbonyl (C=O) groups excluding carboxylic acids is 2. The van der Waals surface area contributed by atoms with Crippen LogP contribution in [0.15, 0.2) is 40.8 Å². The molecule has 1 atom stereocenters. The molecule has 11 heteroatoms. The molecule has 9 nitrogen and oxygen atoms in total. The van der Waals surface area contributed by atoms with Crippen molar-refractivity contribution in [2.75, 3.05) is 10.6 Å². The number of nitrogens with zero attached hydrogens (tertiary/aromatic N) is 3. The number of hydrogen-bond donors (Lipinski definition) is 2. The third-order valence-corrected chi connectivity index (χ3v) is 7.13. The van der Waals surface area contributed by atoms with Gasteiger partial charge in [0.15, 0.2) is 11.2 Å². The highest BCUT2D eigenvalue weighted by Crippen LogP contribution is 2.35. The summed E-state index contributed by atoms with van der Waals surface area (Å²) in [6.07, 6.45) is 1.69. The van der Waals surface area contributed by atoms with Gasteiger partial charge >= 0.3 is 0 Å². The Morgan fingerprint density at radius 1 is 1.30 bits per heavy atom. The molecule has 1 aliphatic heterocycles. The highest BCUT2D eigenvalue weighted by Gasteiger charge is 2.24. The fraction of sp³-hybridized carbons (Fsp3) is 0.227. The number of benzene rings is 1. The minimum atomic E-state index is -0.540. The van der Waals surface area contributed by atoms with E-state index in [0.29, 0.717) is 32.5 Å². The maximum atomic E-state index is 12.7. The molecular weight excluding hydrogens is 462 g/mol. The molecule has 0 bridgehead atoms. The molecule has 3 aromatic heterocycles. The standard InChI is InChI=1S/C22H19N5O4S2/c1-3-13-7-14-20(33-13)23-10-27(21(14)30)8-18(28)26-22-25-16(9-32-22)12-4-5-17-15(6-12)24-19(29)11(2)31-17/h4-7,9-11H,3,8H2,1-2H3,(H,24,29)(H,25,26,28). The van der Waals surface area contributed by atoms with Crippen molar-refractivity contribution >= 4 is 55.5 Å². The van der Waals surface area contributed by atoms with Gasteiger partial charge < -0.3 is 15.4 Å². The number of carbonyl (C=O) groups is 2. The van der Waals surface area contributed by atoms with Gasteiger partial charge in [-0.3, -0.25) is 19.0 Å². The molecule has 5 rings (SSSR count). The van der Waals surface area contributed by atoms with E-state index in [1.54, 1.807) is 19.1 Å². The van der Waals surface area contributed by atoms with Crippen molar-refractivity contribution < 1.29 is 14.3 Å². The van der Waals surface area contributed by atoms with Gasteiger partial charge in [0.05, 0.1) is 23.1 Å². The first kappa shape index (κ1) is 21.3. The number of thiophene rings is 1. The smallest absolute Gasteiger partial charge is 0.265 e. The number of amides is 2. The molecule has 33 heavy (non-hydrogen) atoms. The molecule has 0 fully saturated rings. The predicted molar refractivity (Wildman–Crippen MR) is 128 cm³/mol. The molecule has 0 saturated heterocycles. The van der Waals surface area contributed by atoms with Gasteiger partial charge in [-0.15, -0.1) is 22.7 Å². The molecule has 1 aromatic carbocycles. The number of hydrogen-bond acceptors (Lipinski definition) is 8. The second-order valence-corrected chi connectivity index (χ2v) is 9.48. The van der Waals surface area contributed by atoms with Gasteiger partial charge in [0, 0.05) is 15.8 Å². The van der Waals surface area contributed by atoms with Crippen molar-refractivity contribution in [1.29, 1.82) is 0 Å². The van der Waals surface area contributed by atoms with E-state index in [0.717, 1.165) is 16.9 Å². The molecule has 1 unspecified atom stereocenters. The van der Waals surface area contributed by atoms with E-state index >= 15 is 0 Å². The third kappa shape index (κ3) is 4.12. The van der Waals surface area contributed by atoms with Gasteiger partial charge in [-0.2, -0.15) is 0 Å². The van der Waals surface area contributed by atoms with Crippen molar-refractivity contribution in [2.45, 2.75) is 32.9 Å². The molecule has 0 radical (unpaired) electrons. The van der Waals surface area contributed by atoms with Gasteiger partial charge in [-0.05, 0) is 37.6 Å². The van der Waals surface area contributed by atoms with Gasteiger partial charge in [-0.25, -0.2) is 9.97 Å². The fourth-order valence-corrected chi connectivity index (χ4v) is 5.10. The Kier molecular flexibility index (Phi) is 5.43. The van der Waals surface area contributed by atoms with Crippen molar-refractivity contribution in [3.05, 3.63) is 51.2 Å². The van der Waals surface area contributed by atoms with Crippen molar-refractivity contribution in [3.63, 3.8) is 0 Å². The zero-order valence-electron chi connectivity index (χ0n) is 17.7. The number of thiazole rings is 1. The molecule has 1 aliphatic rings. The molecule has 2 N–H and O–H groups in total. The molecule has 2 amide bonds. The van der Waals surface area contributed by atoms with E-state index in [1.807, 2.05) is 24.4 Å². The fourth-order valence-electron chi connectivity index (χ4n) is 3.44. The maximum absolute atomic E-state index is 12.7. The summed E-state index contributed by atoms with van der Waals surface area (Å²) in [5.41, 5.74) is 1.77. The average molecular weight is 482 g/mol. The monoisotopic (exact) mass is 481 g/mol. The molecule has 168 valence electrons. The molecule has 4 aromatic rings. The maximum Gasteiger partial charge on any atom is 0.265 e. The van der Waals surface area contributed by atoms with Crippen molar-refractivity contribution in [3.8, 4) is 17.0 Å². The topological polar surface area (TPSA) is 115 Å². The first-order valence-electron chi connectivity index (χ1n) is 10.3. The van der Waals surface area contributed by atoms with Crippen LogP contribution in [0.3, 0.4) is 0 Å². The Bertz CT molecular complexity index is 1450. The van der Waals surface area contributed by atoms with Crippen molar-refractivity contribution in [1.82, 2.24) is 14.5 Å². The van der Waals surface area contributed by atoms with Crippen LogP contribution in [0.5, 0.6) is 5.75 Å².